The summed E-state index contributed by atoms with van der Waals surface area (Å²) in [5.74, 6) is 0.376. The number of para-hydroxylation sites is 1. The molecule has 2 heterocycles. The molecular weight excluding hydrogens is 288 g/mol. The standard InChI is InChI=1S/C15H16N2O3S/c1-9-8-21-15(16-9)14(19)17-13-10(6-18)7-20-12-5-3-2-4-11(12)13/h2-5,8,10,13,18H,6-7H2,1H3,(H,17,19)/t10-,13-/m1/s1. The average molecular weight is 304 g/mol. The number of ether oxygens (including phenoxy) is 1. The van der Waals surface area contributed by atoms with E-state index < -0.39 is 0 Å². The second-order valence-electron chi connectivity index (χ2n) is 5.04. The van der Waals surface area contributed by atoms with E-state index in [1.165, 1.54) is 11.3 Å². The van der Waals surface area contributed by atoms with Crippen molar-refractivity contribution in [2.24, 2.45) is 5.92 Å². The molecule has 2 N–H and O–H groups in total. The molecule has 0 radical (unpaired) electrons. The first-order valence-corrected chi connectivity index (χ1v) is 7.62. The summed E-state index contributed by atoms with van der Waals surface area (Å²) in [5, 5.41) is 14.8. The predicted molar refractivity (Wildman–Crippen MR) is 79.6 cm³/mol. The van der Waals surface area contributed by atoms with E-state index in [9.17, 15) is 9.90 Å². The third-order valence-corrected chi connectivity index (χ3v) is 4.47. The Morgan fingerprint density at radius 3 is 3.05 bits per heavy atom. The number of carbonyl (C=O) groups is 1. The van der Waals surface area contributed by atoms with Gasteiger partial charge in [-0.25, -0.2) is 4.98 Å². The van der Waals surface area contributed by atoms with Gasteiger partial charge < -0.3 is 15.2 Å². The Labute approximate surface area is 126 Å². The van der Waals surface area contributed by atoms with Gasteiger partial charge in [0.1, 0.15) is 5.75 Å². The topological polar surface area (TPSA) is 71.5 Å². The van der Waals surface area contributed by atoms with E-state index >= 15 is 0 Å². The number of fused-ring (bicyclic) bond motifs is 1. The minimum atomic E-state index is -0.267. The second-order valence-corrected chi connectivity index (χ2v) is 5.89. The van der Waals surface area contributed by atoms with Gasteiger partial charge in [0, 0.05) is 22.6 Å². The molecule has 0 unspecified atom stereocenters. The average Bonchev–Trinajstić information content (AvgIpc) is 2.94. The normalized spacial score (nSPS) is 20.5. The predicted octanol–water partition coefficient (Wildman–Crippen LogP) is 1.92. The Morgan fingerprint density at radius 2 is 2.33 bits per heavy atom. The molecule has 5 nitrogen and oxygen atoms in total. The van der Waals surface area contributed by atoms with Crippen molar-refractivity contribution in [2.45, 2.75) is 13.0 Å². The monoisotopic (exact) mass is 304 g/mol. The first kappa shape index (κ1) is 14.0. The summed E-state index contributed by atoms with van der Waals surface area (Å²) >= 11 is 1.32. The van der Waals surface area contributed by atoms with Crippen molar-refractivity contribution in [3.8, 4) is 5.75 Å². The molecule has 6 heteroatoms. The number of aliphatic hydroxyl groups is 1. The van der Waals surface area contributed by atoms with Gasteiger partial charge in [-0.05, 0) is 13.0 Å². The highest BCUT2D eigenvalue weighted by atomic mass is 32.1. The molecule has 1 aliphatic rings. The van der Waals surface area contributed by atoms with Crippen LogP contribution in [0.4, 0.5) is 0 Å². The molecule has 110 valence electrons. The summed E-state index contributed by atoms with van der Waals surface area (Å²) in [6.07, 6.45) is 0. The SMILES string of the molecule is Cc1csc(C(=O)N[C@H]2c3ccccc3OC[C@H]2CO)n1. The fraction of sp³-hybridized carbons (Fsp3) is 0.333. The fourth-order valence-electron chi connectivity index (χ4n) is 2.43. The van der Waals surface area contributed by atoms with Crippen LogP contribution in [0.5, 0.6) is 5.75 Å². The molecule has 2 aromatic rings. The van der Waals surface area contributed by atoms with Gasteiger partial charge >= 0.3 is 0 Å². The van der Waals surface area contributed by atoms with Crippen molar-refractivity contribution in [3.63, 3.8) is 0 Å². The fourth-order valence-corrected chi connectivity index (χ4v) is 3.13. The molecule has 1 aromatic carbocycles. The van der Waals surface area contributed by atoms with Crippen LogP contribution in [0.25, 0.3) is 0 Å². The molecule has 0 bridgehead atoms. The van der Waals surface area contributed by atoms with Crippen molar-refractivity contribution >= 4 is 17.2 Å². The summed E-state index contributed by atoms with van der Waals surface area (Å²) < 4.78 is 5.62. The molecule has 0 spiro atoms. The quantitative estimate of drug-likeness (QED) is 0.909. The van der Waals surface area contributed by atoms with Gasteiger partial charge in [-0.1, -0.05) is 18.2 Å². The number of amides is 1. The molecule has 0 saturated carbocycles. The zero-order valence-electron chi connectivity index (χ0n) is 11.6. The van der Waals surface area contributed by atoms with Crippen LogP contribution in [0.3, 0.4) is 0 Å². The Kier molecular flexibility index (Phi) is 3.90. The molecular formula is C15H16N2O3S. The van der Waals surface area contributed by atoms with Crippen molar-refractivity contribution in [1.82, 2.24) is 10.3 Å². The molecule has 0 fully saturated rings. The number of thiazole rings is 1. The van der Waals surface area contributed by atoms with E-state index in [1.807, 2.05) is 36.6 Å². The second kappa shape index (κ2) is 5.83. The van der Waals surface area contributed by atoms with Crippen LogP contribution in [0.15, 0.2) is 29.6 Å². The maximum Gasteiger partial charge on any atom is 0.280 e. The number of benzene rings is 1. The lowest BCUT2D eigenvalue weighted by Crippen LogP contribution is -2.40. The lowest BCUT2D eigenvalue weighted by atomic mass is 9.91. The number of nitrogens with one attached hydrogen (secondary N) is 1. The first-order chi connectivity index (χ1) is 10.2. The highest BCUT2D eigenvalue weighted by molar-refractivity contribution is 7.11. The van der Waals surface area contributed by atoms with Crippen LogP contribution >= 0.6 is 11.3 Å². The number of aryl methyl sites for hydroxylation is 1. The number of hydrogen-bond donors (Lipinski definition) is 2. The van der Waals surface area contributed by atoms with Crippen molar-refractivity contribution in [2.75, 3.05) is 13.2 Å². The first-order valence-electron chi connectivity index (χ1n) is 6.74. The van der Waals surface area contributed by atoms with E-state index in [4.69, 9.17) is 4.74 Å². The zero-order valence-corrected chi connectivity index (χ0v) is 12.4. The summed E-state index contributed by atoms with van der Waals surface area (Å²) in [5.41, 5.74) is 1.72. The molecule has 1 amide bonds. The van der Waals surface area contributed by atoms with Crippen molar-refractivity contribution in [3.05, 3.63) is 45.9 Å². The molecule has 1 aromatic heterocycles. The lowest BCUT2D eigenvalue weighted by molar-refractivity contribution is 0.0817. The van der Waals surface area contributed by atoms with E-state index in [0.717, 1.165) is 17.0 Å². The van der Waals surface area contributed by atoms with Crippen molar-refractivity contribution in [1.29, 1.82) is 0 Å². The van der Waals surface area contributed by atoms with E-state index in [-0.39, 0.29) is 24.5 Å². The summed E-state index contributed by atoms with van der Waals surface area (Å²) in [6.45, 7) is 2.19. The third-order valence-electron chi connectivity index (χ3n) is 3.51. The van der Waals surface area contributed by atoms with Crippen LogP contribution < -0.4 is 10.1 Å². The van der Waals surface area contributed by atoms with Crippen LogP contribution in [0, 0.1) is 12.8 Å². The van der Waals surface area contributed by atoms with Gasteiger partial charge in [0.15, 0.2) is 5.01 Å². The van der Waals surface area contributed by atoms with Gasteiger partial charge in [-0.2, -0.15) is 0 Å². The smallest absolute Gasteiger partial charge is 0.280 e. The van der Waals surface area contributed by atoms with E-state index in [1.54, 1.807) is 0 Å². The number of nitrogens with zero attached hydrogens (tertiary/aromatic N) is 1. The minimum Gasteiger partial charge on any atom is -0.493 e. The van der Waals surface area contributed by atoms with Gasteiger partial charge in [0.25, 0.3) is 5.91 Å². The minimum absolute atomic E-state index is 0.0455. The number of aliphatic hydroxyl groups excluding tert-OH is 1. The lowest BCUT2D eigenvalue weighted by Gasteiger charge is -2.32. The van der Waals surface area contributed by atoms with Gasteiger partial charge in [0.05, 0.1) is 19.3 Å². The molecule has 2 atom stereocenters. The number of hydrogen-bond acceptors (Lipinski definition) is 5. The highest BCUT2D eigenvalue weighted by Gasteiger charge is 2.32. The van der Waals surface area contributed by atoms with Crippen molar-refractivity contribution < 1.29 is 14.6 Å². The third kappa shape index (κ3) is 2.77. The van der Waals surface area contributed by atoms with Crippen LogP contribution in [-0.4, -0.2) is 29.2 Å². The Morgan fingerprint density at radius 1 is 1.52 bits per heavy atom. The Balaban J connectivity index is 1.86. The van der Waals surface area contributed by atoms with E-state index in [0.29, 0.717) is 11.6 Å². The van der Waals surface area contributed by atoms with Crippen LogP contribution in [0.1, 0.15) is 27.1 Å². The van der Waals surface area contributed by atoms with Gasteiger partial charge in [-0.15, -0.1) is 11.3 Å². The largest absolute Gasteiger partial charge is 0.493 e. The molecule has 3 rings (SSSR count). The number of aromatic nitrogens is 1. The maximum atomic E-state index is 12.3. The van der Waals surface area contributed by atoms with Crippen LogP contribution in [0.2, 0.25) is 0 Å². The van der Waals surface area contributed by atoms with Crippen LogP contribution in [-0.2, 0) is 0 Å². The zero-order chi connectivity index (χ0) is 14.8. The molecule has 0 saturated heterocycles. The summed E-state index contributed by atoms with van der Waals surface area (Å²) in [4.78, 5) is 16.5. The maximum absolute atomic E-state index is 12.3. The Bertz CT molecular complexity index is 656. The van der Waals surface area contributed by atoms with Gasteiger partial charge in [0.2, 0.25) is 0 Å². The highest BCUT2D eigenvalue weighted by Crippen LogP contribution is 2.35. The Hall–Kier alpha value is -1.92. The number of carbonyl (C=O) groups excluding carboxylic acids is 1. The molecule has 0 aliphatic carbocycles. The number of rotatable bonds is 3. The van der Waals surface area contributed by atoms with Gasteiger partial charge in [-0.3, -0.25) is 4.79 Å². The summed E-state index contributed by atoms with van der Waals surface area (Å²) in [6, 6.07) is 7.30. The molecule has 21 heavy (non-hydrogen) atoms. The summed E-state index contributed by atoms with van der Waals surface area (Å²) in [7, 11) is 0. The molecule has 1 aliphatic heterocycles. The van der Waals surface area contributed by atoms with E-state index in [2.05, 4.69) is 10.3 Å².